The van der Waals surface area contributed by atoms with E-state index in [2.05, 4.69) is 30.2 Å². The van der Waals surface area contributed by atoms with Gasteiger partial charge in [0.05, 0.1) is 0 Å². The maximum Gasteiger partial charge on any atom is 0.0294 e. The summed E-state index contributed by atoms with van der Waals surface area (Å²) >= 11 is 0. The van der Waals surface area contributed by atoms with Crippen molar-refractivity contribution < 1.29 is 0 Å². The van der Waals surface area contributed by atoms with Crippen molar-refractivity contribution in [1.29, 1.82) is 0 Å². The summed E-state index contributed by atoms with van der Waals surface area (Å²) in [5, 5.41) is 3.37. The molecule has 0 aromatic rings. The first kappa shape index (κ1) is 7.89. The zero-order chi connectivity index (χ0) is 8.55. The van der Waals surface area contributed by atoms with Crippen LogP contribution in [0.5, 0.6) is 0 Å². The maximum absolute atomic E-state index is 3.37. The monoisotopic (exact) mass is 161 g/mol. The molecule has 1 unspecified atom stereocenters. The van der Waals surface area contributed by atoms with Gasteiger partial charge in [-0.3, -0.25) is 0 Å². The van der Waals surface area contributed by atoms with Crippen LogP contribution in [-0.4, -0.2) is 13.1 Å². The topological polar surface area (TPSA) is 12.0 Å². The van der Waals surface area contributed by atoms with Crippen LogP contribution in [0.15, 0.2) is 11.6 Å². The molecule has 0 aromatic heterocycles. The van der Waals surface area contributed by atoms with E-state index in [0.29, 0.717) is 5.92 Å². The Morgan fingerprint density at radius 1 is 1.42 bits per heavy atom. The van der Waals surface area contributed by atoms with E-state index in [4.69, 9.17) is 0 Å². The summed E-state index contributed by atoms with van der Waals surface area (Å²) < 4.78 is 0. The highest BCUT2D eigenvalue weighted by molar-refractivity contribution is 5.31. The van der Waals surface area contributed by atoms with E-state index in [-0.39, 0.29) is 0 Å². The first-order chi connectivity index (χ1) is 5.83. The van der Waals surface area contributed by atoms with Gasteiger partial charge in [0, 0.05) is 5.92 Å². The number of piperidine rings is 1. The molecule has 2 rings (SSSR count). The zero-order valence-corrected chi connectivity index (χ0v) is 7.72. The molecule has 0 amide bonds. The fourth-order valence-electron chi connectivity index (χ4n) is 1.90. The lowest BCUT2D eigenvalue weighted by atomic mass is 10.2. The van der Waals surface area contributed by atoms with Crippen molar-refractivity contribution in [2.45, 2.75) is 13.8 Å². The third kappa shape index (κ3) is 1.28. The van der Waals surface area contributed by atoms with Crippen LogP contribution in [0.2, 0.25) is 0 Å². The number of rotatable bonds is 0. The second-order valence-corrected chi connectivity index (χ2v) is 3.75. The average Bonchev–Trinajstić information content (AvgIpc) is 2.55. The minimum atomic E-state index is 0.709. The molecule has 2 fully saturated rings. The van der Waals surface area contributed by atoms with Crippen LogP contribution < -0.4 is 5.32 Å². The van der Waals surface area contributed by atoms with Crippen LogP contribution in [0.3, 0.4) is 0 Å². The molecule has 0 spiro atoms. The molecule has 3 atom stereocenters. The van der Waals surface area contributed by atoms with Gasteiger partial charge in [-0.15, -0.1) is 0 Å². The molecular formula is C11H15N. The lowest BCUT2D eigenvalue weighted by Crippen LogP contribution is -2.13. The third-order valence-corrected chi connectivity index (χ3v) is 2.96. The van der Waals surface area contributed by atoms with E-state index >= 15 is 0 Å². The van der Waals surface area contributed by atoms with Gasteiger partial charge in [-0.1, -0.05) is 17.9 Å². The molecule has 0 radical (unpaired) electrons. The summed E-state index contributed by atoms with van der Waals surface area (Å²) in [6, 6.07) is 0. The van der Waals surface area contributed by atoms with Crippen LogP contribution in [-0.2, 0) is 0 Å². The van der Waals surface area contributed by atoms with Crippen molar-refractivity contribution in [3.63, 3.8) is 0 Å². The van der Waals surface area contributed by atoms with Crippen LogP contribution >= 0.6 is 0 Å². The SMILES string of the molecule is C/C=C(\C)C#CC1[C@H]2CNC[C@@H]12. The second kappa shape index (κ2) is 2.95. The highest BCUT2D eigenvalue weighted by Gasteiger charge is 2.51. The Kier molecular flexibility index (Phi) is 1.94. The summed E-state index contributed by atoms with van der Waals surface area (Å²) in [5.74, 6) is 9.02. The Hall–Kier alpha value is -0.740. The fourth-order valence-corrected chi connectivity index (χ4v) is 1.90. The molecule has 1 nitrogen and oxygen atoms in total. The summed E-state index contributed by atoms with van der Waals surface area (Å²) in [6.07, 6.45) is 2.07. The lowest BCUT2D eigenvalue weighted by molar-refractivity contribution is 0.679. The van der Waals surface area contributed by atoms with Crippen molar-refractivity contribution in [2.24, 2.45) is 17.8 Å². The third-order valence-electron chi connectivity index (χ3n) is 2.96. The summed E-state index contributed by atoms with van der Waals surface area (Å²) in [4.78, 5) is 0. The van der Waals surface area contributed by atoms with E-state index in [1.807, 2.05) is 6.92 Å². The van der Waals surface area contributed by atoms with Crippen molar-refractivity contribution >= 4 is 0 Å². The Bertz CT molecular complexity index is 256. The Morgan fingerprint density at radius 2 is 2.08 bits per heavy atom. The van der Waals surface area contributed by atoms with Gasteiger partial charge >= 0.3 is 0 Å². The molecule has 64 valence electrons. The van der Waals surface area contributed by atoms with Crippen LogP contribution in [0.25, 0.3) is 0 Å². The highest BCUT2D eigenvalue weighted by atomic mass is 15.0. The Morgan fingerprint density at radius 3 is 2.67 bits per heavy atom. The molecule has 1 N–H and O–H groups in total. The molecule has 1 aliphatic heterocycles. The lowest BCUT2D eigenvalue weighted by Gasteiger charge is -1.94. The van der Waals surface area contributed by atoms with Crippen LogP contribution in [0.1, 0.15) is 13.8 Å². The van der Waals surface area contributed by atoms with Gasteiger partial charge in [-0.2, -0.15) is 0 Å². The molecule has 12 heavy (non-hydrogen) atoms. The summed E-state index contributed by atoms with van der Waals surface area (Å²) in [7, 11) is 0. The maximum atomic E-state index is 3.37. The van der Waals surface area contributed by atoms with E-state index < -0.39 is 0 Å². The van der Waals surface area contributed by atoms with Crippen molar-refractivity contribution in [1.82, 2.24) is 5.32 Å². The molecule has 1 saturated heterocycles. The minimum Gasteiger partial charge on any atom is -0.316 e. The van der Waals surface area contributed by atoms with Crippen LogP contribution in [0, 0.1) is 29.6 Å². The molecule has 1 heterocycles. The van der Waals surface area contributed by atoms with Gasteiger partial charge in [-0.25, -0.2) is 0 Å². The van der Waals surface area contributed by atoms with Crippen LogP contribution in [0.4, 0.5) is 0 Å². The minimum absolute atomic E-state index is 0.709. The molecule has 1 aliphatic carbocycles. The molecule has 0 aromatic carbocycles. The number of hydrogen-bond donors (Lipinski definition) is 1. The first-order valence-electron chi connectivity index (χ1n) is 4.68. The van der Waals surface area contributed by atoms with Crippen molar-refractivity contribution in [3.05, 3.63) is 11.6 Å². The van der Waals surface area contributed by atoms with Gasteiger partial charge in [0.1, 0.15) is 0 Å². The number of hydrogen-bond acceptors (Lipinski definition) is 1. The Labute approximate surface area is 74.2 Å². The largest absolute Gasteiger partial charge is 0.316 e. The number of fused-ring (bicyclic) bond motifs is 1. The molecular weight excluding hydrogens is 146 g/mol. The Balaban J connectivity index is 1.92. The molecule has 0 bridgehead atoms. The predicted octanol–water partition coefficient (Wildman–Crippen LogP) is 1.42. The zero-order valence-electron chi connectivity index (χ0n) is 7.72. The highest BCUT2D eigenvalue weighted by Crippen LogP contribution is 2.47. The average molecular weight is 161 g/mol. The fraction of sp³-hybridized carbons (Fsp3) is 0.636. The first-order valence-corrected chi connectivity index (χ1v) is 4.68. The molecule has 2 aliphatic rings. The van der Waals surface area contributed by atoms with E-state index in [1.165, 1.54) is 18.7 Å². The van der Waals surface area contributed by atoms with E-state index in [0.717, 1.165) is 11.8 Å². The summed E-state index contributed by atoms with van der Waals surface area (Å²) in [6.45, 7) is 6.50. The summed E-state index contributed by atoms with van der Waals surface area (Å²) in [5.41, 5.74) is 1.20. The van der Waals surface area contributed by atoms with Gasteiger partial charge in [-0.05, 0) is 44.3 Å². The van der Waals surface area contributed by atoms with Crippen molar-refractivity contribution in [2.75, 3.05) is 13.1 Å². The van der Waals surface area contributed by atoms with Gasteiger partial charge in [0.25, 0.3) is 0 Å². The number of allylic oxidation sites excluding steroid dienone is 2. The van der Waals surface area contributed by atoms with Gasteiger partial charge in [0.2, 0.25) is 0 Å². The van der Waals surface area contributed by atoms with Gasteiger partial charge < -0.3 is 5.32 Å². The van der Waals surface area contributed by atoms with Crippen molar-refractivity contribution in [3.8, 4) is 11.8 Å². The standard InChI is InChI=1S/C11H15N/c1-3-8(2)4-5-9-10-6-12-7-11(9)10/h3,9-12H,6-7H2,1-2H3/b8-3+/t9?,10-,11+. The van der Waals surface area contributed by atoms with E-state index in [9.17, 15) is 0 Å². The number of nitrogens with one attached hydrogen (secondary N) is 1. The predicted molar refractivity (Wildman–Crippen MR) is 50.5 cm³/mol. The quantitative estimate of drug-likeness (QED) is 0.530. The smallest absolute Gasteiger partial charge is 0.0294 e. The van der Waals surface area contributed by atoms with Gasteiger partial charge in [0.15, 0.2) is 0 Å². The molecule has 1 heteroatoms. The normalized spacial score (nSPS) is 38.5. The second-order valence-electron chi connectivity index (χ2n) is 3.75. The molecule has 1 saturated carbocycles. The van der Waals surface area contributed by atoms with E-state index in [1.54, 1.807) is 0 Å².